The van der Waals surface area contributed by atoms with Crippen LogP contribution in [0.2, 0.25) is 0 Å². The third kappa shape index (κ3) is 3.76. The highest BCUT2D eigenvalue weighted by molar-refractivity contribution is 7.89. The number of fused-ring (bicyclic) bond motifs is 1. The number of aromatic nitrogens is 2. The van der Waals surface area contributed by atoms with Gasteiger partial charge in [0.1, 0.15) is 10.4 Å². The first-order valence-corrected chi connectivity index (χ1v) is 8.97. The van der Waals surface area contributed by atoms with Gasteiger partial charge in [-0.1, -0.05) is 6.07 Å². The summed E-state index contributed by atoms with van der Waals surface area (Å²) in [5, 5.41) is 9.69. The lowest BCUT2D eigenvalue weighted by molar-refractivity contribution is -0.115. The first-order chi connectivity index (χ1) is 12.4. The summed E-state index contributed by atoms with van der Waals surface area (Å²) in [5.41, 5.74) is 1.34. The largest absolute Gasteiger partial charge is 0.325 e. The summed E-state index contributed by atoms with van der Waals surface area (Å²) in [6.45, 7) is 0.964. The lowest BCUT2D eigenvalue weighted by atomic mass is 10.1. The van der Waals surface area contributed by atoms with E-state index in [0.717, 1.165) is 0 Å². The summed E-state index contributed by atoms with van der Waals surface area (Å²) < 4.78 is 31.5. The Morgan fingerprint density at radius 1 is 1.08 bits per heavy atom. The monoisotopic (exact) mass is 374 g/mol. The van der Waals surface area contributed by atoms with Crippen LogP contribution in [0.5, 0.6) is 0 Å². The SMILES string of the molecule is CC(=O)c1ccc(NC(=O)CNS(=O)(=O)c2cccc3nonc23)cc1. The second kappa shape index (κ2) is 7.02. The maximum absolute atomic E-state index is 12.4. The Hall–Kier alpha value is -3.11. The van der Waals surface area contributed by atoms with E-state index in [1.54, 1.807) is 30.3 Å². The molecule has 0 bridgehead atoms. The third-order valence-corrected chi connectivity index (χ3v) is 4.97. The van der Waals surface area contributed by atoms with Gasteiger partial charge in [0, 0.05) is 11.3 Å². The first kappa shape index (κ1) is 17.7. The number of hydrogen-bond acceptors (Lipinski definition) is 7. The maximum Gasteiger partial charge on any atom is 0.243 e. The average molecular weight is 374 g/mol. The van der Waals surface area contributed by atoms with Crippen molar-refractivity contribution in [1.82, 2.24) is 15.0 Å². The van der Waals surface area contributed by atoms with Crippen molar-refractivity contribution in [3.8, 4) is 0 Å². The molecule has 0 aliphatic heterocycles. The predicted octanol–water partition coefficient (Wildman–Crippen LogP) is 1.34. The van der Waals surface area contributed by atoms with Crippen LogP contribution in [0.25, 0.3) is 11.0 Å². The number of benzene rings is 2. The van der Waals surface area contributed by atoms with Crippen molar-refractivity contribution in [3.63, 3.8) is 0 Å². The zero-order chi connectivity index (χ0) is 18.7. The molecule has 0 saturated heterocycles. The fraction of sp³-hybridized carbons (Fsp3) is 0.125. The highest BCUT2D eigenvalue weighted by Crippen LogP contribution is 2.19. The Morgan fingerprint density at radius 2 is 1.81 bits per heavy atom. The molecule has 0 radical (unpaired) electrons. The maximum atomic E-state index is 12.4. The van der Waals surface area contributed by atoms with E-state index >= 15 is 0 Å². The number of carbonyl (C=O) groups excluding carboxylic acids is 2. The van der Waals surface area contributed by atoms with Crippen LogP contribution in [-0.4, -0.2) is 37.0 Å². The van der Waals surface area contributed by atoms with Crippen LogP contribution in [0, 0.1) is 0 Å². The molecule has 2 aromatic carbocycles. The molecule has 1 amide bonds. The number of Topliss-reactive ketones (excluding diaryl/α,β-unsaturated/α-hetero) is 1. The summed E-state index contributed by atoms with van der Waals surface area (Å²) in [5.74, 6) is -0.651. The number of nitrogens with one attached hydrogen (secondary N) is 2. The van der Waals surface area contributed by atoms with E-state index < -0.39 is 22.5 Å². The quantitative estimate of drug-likeness (QED) is 0.622. The van der Waals surface area contributed by atoms with Crippen LogP contribution in [-0.2, 0) is 14.8 Å². The molecule has 9 nitrogen and oxygen atoms in total. The second-order valence-corrected chi connectivity index (χ2v) is 7.13. The van der Waals surface area contributed by atoms with Crippen molar-refractivity contribution in [1.29, 1.82) is 0 Å². The summed E-state index contributed by atoms with van der Waals surface area (Å²) >= 11 is 0. The Labute approximate surface area is 148 Å². The van der Waals surface area contributed by atoms with Gasteiger partial charge in [-0.2, -0.15) is 0 Å². The van der Waals surface area contributed by atoms with E-state index in [1.165, 1.54) is 19.1 Å². The zero-order valence-corrected chi connectivity index (χ0v) is 14.4. The van der Waals surface area contributed by atoms with Gasteiger partial charge in [-0.25, -0.2) is 17.8 Å². The van der Waals surface area contributed by atoms with Gasteiger partial charge in [-0.3, -0.25) is 9.59 Å². The van der Waals surface area contributed by atoms with E-state index in [-0.39, 0.29) is 16.2 Å². The highest BCUT2D eigenvalue weighted by atomic mass is 32.2. The van der Waals surface area contributed by atoms with E-state index in [0.29, 0.717) is 16.8 Å². The molecule has 0 fully saturated rings. The Balaban J connectivity index is 1.67. The zero-order valence-electron chi connectivity index (χ0n) is 13.6. The highest BCUT2D eigenvalue weighted by Gasteiger charge is 2.21. The number of rotatable bonds is 6. The molecule has 0 atom stereocenters. The predicted molar refractivity (Wildman–Crippen MR) is 92.1 cm³/mol. The van der Waals surface area contributed by atoms with Gasteiger partial charge in [-0.15, -0.1) is 0 Å². The molecule has 0 unspecified atom stereocenters. The summed E-state index contributed by atoms with van der Waals surface area (Å²) in [6, 6.07) is 10.7. The number of ketones is 1. The molecular weight excluding hydrogens is 360 g/mol. The standard InChI is InChI=1S/C16H14N4O5S/c1-10(21)11-5-7-12(8-6-11)18-15(22)9-17-26(23,24)14-4-2-3-13-16(14)20-25-19-13/h2-8,17H,9H2,1H3,(H,18,22). The molecular formula is C16H14N4O5S. The minimum absolute atomic E-state index is 0.0835. The topological polar surface area (TPSA) is 131 Å². The molecule has 0 saturated carbocycles. The number of hydrogen-bond donors (Lipinski definition) is 2. The molecule has 0 aliphatic carbocycles. The van der Waals surface area contributed by atoms with Gasteiger partial charge in [0.05, 0.1) is 6.54 Å². The number of sulfonamides is 1. The molecule has 2 N–H and O–H groups in total. The number of amides is 1. The Kier molecular flexibility index (Phi) is 4.78. The number of nitrogens with zero attached hydrogens (tertiary/aromatic N) is 2. The molecule has 0 aliphatic rings. The Bertz CT molecular complexity index is 1070. The smallest absolute Gasteiger partial charge is 0.243 e. The van der Waals surface area contributed by atoms with Crippen LogP contribution >= 0.6 is 0 Å². The van der Waals surface area contributed by atoms with E-state index in [4.69, 9.17) is 0 Å². The molecule has 1 aromatic heterocycles. The van der Waals surface area contributed by atoms with Crippen LogP contribution in [0.4, 0.5) is 5.69 Å². The van der Waals surface area contributed by atoms with Gasteiger partial charge < -0.3 is 5.32 Å². The fourth-order valence-electron chi connectivity index (χ4n) is 2.23. The van der Waals surface area contributed by atoms with E-state index in [9.17, 15) is 18.0 Å². The lowest BCUT2D eigenvalue weighted by Gasteiger charge is -2.08. The molecule has 10 heteroatoms. The van der Waals surface area contributed by atoms with Crippen molar-refractivity contribution in [2.45, 2.75) is 11.8 Å². The molecule has 134 valence electrons. The van der Waals surface area contributed by atoms with Gasteiger partial charge in [0.2, 0.25) is 15.9 Å². The van der Waals surface area contributed by atoms with Crippen LogP contribution in [0.3, 0.4) is 0 Å². The van der Waals surface area contributed by atoms with Gasteiger partial charge in [0.15, 0.2) is 11.3 Å². The van der Waals surface area contributed by atoms with Gasteiger partial charge in [0.25, 0.3) is 0 Å². The summed E-state index contributed by atoms with van der Waals surface area (Å²) in [6.07, 6.45) is 0. The first-order valence-electron chi connectivity index (χ1n) is 7.48. The van der Waals surface area contributed by atoms with Crippen molar-refractivity contribution in [2.75, 3.05) is 11.9 Å². The summed E-state index contributed by atoms with van der Waals surface area (Å²) in [4.78, 5) is 23.1. The van der Waals surface area contributed by atoms with Crippen LogP contribution in [0.1, 0.15) is 17.3 Å². The summed E-state index contributed by atoms with van der Waals surface area (Å²) in [7, 11) is -3.98. The third-order valence-electron chi connectivity index (χ3n) is 3.54. The number of carbonyl (C=O) groups is 2. The van der Waals surface area contributed by atoms with Crippen LogP contribution < -0.4 is 10.0 Å². The second-order valence-electron chi connectivity index (χ2n) is 5.39. The van der Waals surface area contributed by atoms with Crippen molar-refractivity contribution in [3.05, 3.63) is 48.0 Å². The van der Waals surface area contributed by atoms with Gasteiger partial charge >= 0.3 is 0 Å². The van der Waals surface area contributed by atoms with Crippen LogP contribution in [0.15, 0.2) is 52.0 Å². The van der Waals surface area contributed by atoms with Crippen molar-refractivity contribution < 1.29 is 22.6 Å². The Morgan fingerprint density at radius 3 is 2.50 bits per heavy atom. The molecule has 0 spiro atoms. The molecule has 26 heavy (non-hydrogen) atoms. The normalized spacial score (nSPS) is 11.4. The van der Waals surface area contributed by atoms with E-state index in [2.05, 4.69) is 25.0 Å². The van der Waals surface area contributed by atoms with Gasteiger partial charge in [-0.05, 0) is 53.6 Å². The minimum atomic E-state index is -3.98. The molecule has 1 heterocycles. The minimum Gasteiger partial charge on any atom is -0.325 e. The van der Waals surface area contributed by atoms with Crippen molar-refractivity contribution >= 4 is 38.4 Å². The van der Waals surface area contributed by atoms with Crippen molar-refractivity contribution in [2.24, 2.45) is 0 Å². The molecule has 3 rings (SSSR count). The average Bonchev–Trinajstić information content (AvgIpc) is 3.09. The van der Waals surface area contributed by atoms with E-state index in [1.807, 2.05) is 0 Å². The fourth-order valence-corrected chi connectivity index (χ4v) is 3.36. The molecule has 3 aromatic rings. The lowest BCUT2D eigenvalue weighted by Crippen LogP contribution is -2.33. The number of anilines is 1.